The van der Waals surface area contributed by atoms with E-state index < -0.39 is 23.5 Å². The number of ether oxygens (including phenoxy) is 1. The number of methoxy groups -OCH3 is 1. The van der Waals surface area contributed by atoms with Crippen LogP contribution in [0.2, 0.25) is 0 Å². The second kappa shape index (κ2) is 5.62. The number of phenols is 1. The lowest BCUT2D eigenvalue weighted by Crippen LogP contribution is -2.02. The molecule has 0 aliphatic heterocycles. The third kappa shape index (κ3) is 3.00. The van der Waals surface area contributed by atoms with Gasteiger partial charge in [-0.2, -0.15) is 0 Å². The molecule has 0 fully saturated rings. The Morgan fingerprint density at radius 1 is 1.10 bits per heavy atom. The topological polar surface area (TPSA) is 83.8 Å². The van der Waals surface area contributed by atoms with Crippen molar-refractivity contribution in [1.82, 2.24) is 0 Å². The first-order valence-electron chi connectivity index (χ1n) is 5.88. The van der Waals surface area contributed by atoms with E-state index in [1.165, 1.54) is 37.4 Å². The van der Waals surface area contributed by atoms with Crippen molar-refractivity contribution >= 4 is 11.9 Å². The molecule has 0 heterocycles. The molecule has 6 heteroatoms. The van der Waals surface area contributed by atoms with E-state index in [4.69, 9.17) is 5.11 Å². The van der Waals surface area contributed by atoms with Gasteiger partial charge in [0.1, 0.15) is 17.1 Å². The summed E-state index contributed by atoms with van der Waals surface area (Å²) in [7, 11) is 1.18. The minimum Gasteiger partial charge on any atom is -0.507 e. The van der Waals surface area contributed by atoms with Crippen LogP contribution in [0.25, 0.3) is 11.1 Å². The van der Waals surface area contributed by atoms with E-state index in [1.807, 2.05) is 0 Å². The van der Waals surface area contributed by atoms with Gasteiger partial charge in [0.05, 0.1) is 12.7 Å². The third-order valence-electron chi connectivity index (χ3n) is 2.88. The third-order valence-corrected chi connectivity index (χ3v) is 2.88. The van der Waals surface area contributed by atoms with Gasteiger partial charge < -0.3 is 14.9 Å². The van der Waals surface area contributed by atoms with Crippen molar-refractivity contribution in [1.29, 1.82) is 0 Å². The molecule has 2 rings (SSSR count). The summed E-state index contributed by atoms with van der Waals surface area (Å²) in [6.45, 7) is 0. The van der Waals surface area contributed by atoms with Crippen LogP contribution in [0.5, 0.6) is 5.75 Å². The van der Waals surface area contributed by atoms with E-state index in [1.54, 1.807) is 0 Å². The molecule has 0 saturated heterocycles. The van der Waals surface area contributed by atoms with Gasteiger partial charge in [0.15, 0.2) is 0 Å². The van der Waals surface area contributed by atoms with E-state index in [2.05, 4.69) is 4.74 Å². The number of benzene rings is 2. The molecule has 0 bridgehead atoms. The average Bonchev–Trinajstić information content (AvgIpc) is 2.45. The summed E-state index contributed by atoms with van der Waals surface area (Å²) in [4.78, 5) is 22.3. The lowest BCUT2D eigenvalue weighted by molar-refractivity contribution is 0.0599. The molecule has 0 aliphatic carbocycles. The SMILES string of the molecule is COC(=O)c1cc(F)cc(-c2ccc(C(=O)O)c(O)c2)c1. The van der Waals surface area contributed by atoms with Gasteiger partial charge in [-0.05, 0) is 41.5 Å². The molecule has 2 aromatic carbocycles. The van der Waals surface area contributed by atoms with Crippen molar-refractivity contribution in [3.63, 3.8) is 0 Å². The summed E-state index contributed by atoms with van der Waals surface area (Å²) < 4.78 is 18.1. The molecule has 5 nitrogen and oxygen atoms in total. The Kier molecular flexibility index (Phi) is 3.89. The van der Waals surface area contributed by atoms with Gasteiger partial charge in [-0.25, -0.2) is 14.0 Å². The first kappa shape index (κ1) is 14.5. The largest absolute Gasteiger partial charge is 0.507 e. The number of carboxylic acid groups (broad SMARTS) is 1. The second-order valence-corrected chi connectivity index (χ2v) is 4.26. The van der Waals surface area contributed by atoms with Gasteiger partial charge in [0.2, 0.25) is 0 Å². The van der Waals surface area contributed by atoms with E-state index >= 15 is 0 Å². The number of aromatic hydroxyl groups is 1. The Bertz CT molecular complexity index is 724. The monoisotopic (exact) mass is 290 g/mol. The van der Waals surface area contributed by atoms with E-state index in [-0.39, 0.29) is 11.1 Å². The van der Waals surface area contributed by atoms with Crippen molar-refractivity contribution in [2.45, 2.75) is 0 Å². The van der Waals surface area contributed by atoms with Crippen LogP contribution < -0.4 is 0 Å². The maximum absolute atomic E-state index is 13.6. The number of carbonyl (C=O) groups excluding carboxylic acids is 1. The quantitative estimate of drug-likeness (QED) is 0.849. The Balaban J connectivity index is 2.51. The Hall–Kier alpha value is -2.89. The van der Waals surface area contributed by atoms with E-state index in [0.29, 0.717) is 11.1 Å². The maximum atomic E-state index is 13.6. The van der Waals surface area contributed by atoms with Crippen molar-refractivity contribution in [2.24, 2.45) is 0 Å². The van der Waals surface area contributed by atoms with Crippen LogP contribution in [0.3, 0.4) is 0 Å². The summed E-state index contributed by atoms with van der Waals surface area (Å²) in [6, 6.07) is 7.40. The highest BCUT2D eigenvalue weighted by Gasteiger charge is 2.13. The van der Waals surface area contributed by atoms with Gasteiger partial charge >= 0.3 is 11.9 Å². The molecule has 0 unspecified atom stereocenters. The minimum atomic E-state index is -1.27. The van der Waals surface area contributed by atoms with Crippen LogP contribution in [0, 0.1) is 5.82 Å². The van der Waals surface area contributed by atoms with Crippen LogP contribution in [0.1, 0.15) is 20.7 Å². The summed E-state index contributed by atoms with van der Waals surface area (Å²) >= 11 is 0. The van der Waals surface area contributed by atoms with Crippen LogP contribution in [0.4, 0.5) is 4.39 Å². The number of hydrogen-bond acceptors (Lipinski definition) is 4. The first-order chi connectivity index (χ1) is 9.92. The van der Waals surface area contributed by atoms with Crippen LogP contribution in [0.15, 0.2) is 36.4 Å². The maximum Gasteiger partial charge on any atom is 0.339 e. The average molecular weight is 290 g/mol. The molecular formula is C15H11FO5. The molecule has 2 N–H and O–H groups in total. The Morgan fingerprint density at radius 3 is 2.38 bits per heavy atom. The predicted molar refractivity (Wildman–Crippen MR) is 71.8 cm³/mol. The van der Waals surface area contributed by atoms with Crippen molar-refractivity contribution < 1.29 is 28.9 Å². The standard InChI is InChI=1S/C15H11FO5/c1-21-15(20)10-4-9(5-11(16)6-10)8-2-3-12(14(18)19)13(17)7-8/h2-7,17H,1H3,(H,18,19). The normalized spacial score (nSPS) is 10.2. The molecule has 0 atom stereocenters. The lowest BCUT2D eigenvalue weighted by atomic mass is 10.0. The number of carboxylic acids is 1. The highest BCUT2D eigenvalue weighted by molar-refractivity contribution is 5.93. The fourth-order valence-corrected chi connectivity index (χ4v) is 1.88. The van der Waals surface area contributed by atoms with E-state index in [0.717, 1.165) is 6.07 Å². The first-order valence-corrected chi connectivity index (χ1v) is 5.88. The highest BCUT2D eigenvalue weighted by Crippen LogP contribution is 2.28. The number of aromatic carboxylic acids is 1. The summed E-state index contributed by atoms with van der Waals surface area (Å²) in [5, 5.41) is 18.5. The minimum absolute atomic E-state index is 0.0225. The molecule has 0 radical (unpaired) electrons. The van der Waals surface area contributed by atoms with Crippen molar-refractivity contribution in [3.8, 4) is 16.9 Å². The van der Waals surface area contributed by atoms with Gasteiger partial charge in [-0.1, -0.05) is 6.07 Å². The molecule has 21 heavy (non-hydrogen) atoms. The smallest absolute Gasteiger partial charge is 0.339 e. The predicted octanol–water partition coefficient (Wildman–Crippen LogP) is 2.68. The van der Waals surface area contributed by atoms with Gasteiger partial charge in [-0.15, -0.1) is 0 Å². The lowest BCUT2D eigenvalue weighted by Gasteiger charge is -2.07. The molecule has 2 aromatic rings. The number of carbonyl (C=O) groups is 2. The summed E-state index contributed by atoms with van der Waals surface area (Å²) in [5.74, 6) is -3.05. The van der Waals surface area contributed by atoms with Crippen LogP contribution >= 0.6 is 0 Å². The van der Waals surface area contributed by atoms with E-state index in [9.17, 15) is 19.1 Å². The zero-order valence-corrected chi connectivity index (χ0v) is 11.0. The molecule has 0 aromatic heterocycles. The summed E-state index contributed by atoms with van der Waals surface area (Å²) in [5.41, 5.74) is 0.461. The number of halogens is 1. The number of esters is 1. The number of hydrogen-bond donors (Lipinski definition) is 2. The highest BCUT2D eigenvalue weighted by atomic mass is 19.1. The summed E-state index contributed by atoms with van der Waals surface area (Å²) in [6.07, 6.45) is 0. The Morgan fingerprint density at radius 2 is 1.81 bits per heavy atom. The molecular weight excluding hydrogens is 279 g/mol. The molecule has 0 aliphatic rings. The molecule has 0 amide bonds. The number of rotatable bonds is 3. The van der Waals surface area contributed by atoms with Gasteiger partial charge in [0, 0.05) is 0 Å². The van der Waals surface area contributed by atoms with Crippen LogP contribution in [-0.4, -0.2) is 29.3 Å². The zero-order chi connectivity index (χ0) is 15.6. The zero-order valence-electron chi connectivity index (χ0n) is 11.0. The fourth-order valence-electron chi connectivity index (χ4n) is 1.88. The van der Waals surface area contributed by atoms with Crippen molar-refractivity contribution in [3.05, 3.63) is 53.3 Å². The van der Waals surface area contributed by atoms with Crippen LogP contribution in [-0.2, 0) is 4.74 Å². The molecule has 108 valence electrons. The molecule has 0 saturated carbocycles. The fraction of sp³-hybridized carbons (Fsp3) is 0.0667. The van der Waals surface area contributed by atoms with Gasteiger partial charge in [-0.3, -0.25) is 0 Å². The Labute approximate surface area is 119 Å². The second-order valence-electron chi connectivity index (χ2n) is 4.26. The van der Waals surface area contributed by atoms with Crippen molar-refractivity contribution in [2.75, 3.05) is 7.11 Å². The molecule has 0 spiro atoms. The van der Waals surface area contributed by atoms with Gasteiger partial charge in [0.25, 0.3) is 0 Å².